The Balaban J connectivity index is 0.979. The molecule has 5 nitrogen and oxygen atoms in total. The molecule has 12 aromatic rings. The van der Waals surface area contributed by atoms with E-state index in [1.54, 1.807) is 0 Å². The molecule has 0 bridgehead atoms. The summed E-state index contributed by atoms with van der Waals surface area (Å²) in [5, 5.41) is 4.38. The van der Waals surface area contributed by atoms with E-state index in [0.717, 1.165) is 78.0 Å². The summed E-state index contributed by atoms with van der Waals surface area (Å²) >= 11 is 0. The predicted molar refractivity (Wildman–Crippen MR) is 247 cm³/mol. The first-order chi connectivity index (χ1) is 29.7. The molecule has 0 aliphatic rings. The highest BCUT2D eigenvalue weighted by Gasteiger charge is 2.20. The normalized spacial score (nSPS) is 11.7. The fourth-order valence-corrected chi connectivity index (χ4v) is 8.77. The summed E-state index contributed by atoms with van der Waals surface area (Å²) in [4.78, 5) is 7.18. The number of para-hydroxylation sites is 2. The fraction of sp³-hybridized carbons (Fsp3) is 0. The lowest BCUT2D eigenvalue weighted by Crippen LogP contribution is -2.10. The first-order valence-corrected chi connectivity index (χ1v) is 20.2. The zero-order chi connectivity index (χ0) is 39.6. The van der Waals surface area contributed by atoms with Crippen molar-refractivity contribution in [3.63, 3.8) is 0 Å². The van der Waals surface area contributed by atoms with E-state index in [1.807, 2.05) is 42.5 Å². The molecule has 0 aliphatic carbocycles. The van der Waals surface area contributed by atoms with Crippen molar-refractivity contribution in [1.82, 2.24) is 9.55 Å². The molecule has 60 heavy (non-hydrogen) atoms. The third kappa shape index (κ3) is 5.59. The number of oxazole rings is 1. The predicted octanol–water partition coefficient (Wildman–Crippen LogP) is 15.3. The highest BCUT2D eigenvalue weighted by Crippen LogP contribution is 2.42. The molecule has 3 aromatic heterocycles. The summed E-state index contributed by atoms with van der Waals surface area (Å²) in [7, 11) is 0. The number of rotatable bonds is 7. The highest BCUT2D eigenvalue weighted by molar-refractivity contribution is 6.17. The summed E-state index contributed by atoms with van der Waals surface area (Å²) in [6, 6.07) is 74.8. The summed E-state index contributed by atoms with van der Waals surface area (Å²) in [5.41, 5.74) is 15.3. The van der Waals surface area contributed by atoms with Crippen LogP contribution in [0.2, 0.25) is 0 Å². The Hall–Kier alpha value is -8.15. The second-order valence-electron chi connectivity index (χ2n) is 15.2. The van der Waals surface area contributed by atoms with Crippen LogP contribution in [0.15, 0.2) is 221 Å². The van der Waals surface area contributed by atoms with E-state index in [-0.39, 0.29) is 0 Å². The molecule has 5 heteroatoms. The number of anilines is 3. The first-order valence-electron chi connectivity index (χ1n) is 20.2. The maximum atomic E-state index is 6.44. The highest BCUT2D eigenvalue weighted by atomic mass is 16.4. The lowest BCUT2D eigenvalue weighted by Gasteiger charge is -2.26. The van der Waals surface area contributed by atoms with Crippen LogP contribution in [0.1, 0.15) is 0 Å². The summed E-state index contributed by atoms with van der Waals surface area (Å²) < 4.78 is 15.2. The topological polar surface area (TPSA) is 47.3 Å². The molecule has 282 valence electrons. The Morgan fingerprint density at radius 2 is 0.950 bits per heavy atom. The quantitative estimate of drug-likeness (QED) is 0.162. The van der Waals surface area contributed by atoms with Crippen molar-refractivity contribution < 1.29 is 8.83 Å². The van der Waals surface area contributed by atoms with E-state index in [9.17, 15) is 0 Å². The van der Waals surface area contributed by atoms with Gasteiger partial charge in [0.15, 0.2) is 5.58 Å². The van der Waals surface area contributed by atoms with Crippen molar-refractivity contribution in [3.05, 3.63) is 212 Å². The van der Waals surface area contributed by atoms with Gasteiger partial charge in [-0.3, -0.25) is 0 Å². The Morgan fingerprint density at radius 3 is 1.68 bits per heavy atom. The van der Waals surface area contributed by atoms with Crippen LogP contribution in [0.3, 0.4) is 0 Å². The molecule has 0 fully saturated rings. The van der Waals surface area contributed by atoms with Gasteiger partial charge in [-0.2, -0.15) is 0 Å². The van der Waals surface area contributed by atoms with Crippen molar-refractivity contribution >= 4 is 71.9 Å². The maximum absolute atomic E-state index is 6.44. The van der Waals surface area contributed by atoms with Crippen LogP contribution < -0.4 is 4.90 Å². The lowest BCUT2D eigenvalue weighted by molar-refractivity contribution is 0.622. The summed E-state index contributed by atoms with van der Waals surface area (Å²) in [5.74, 6) is 0.596. The molecule has 0 spiro atoms. The zero-order valence-corrected chi connectivity index (χ0v) is 32.4. The average Bonchev–Trinajstić information content (AvgIpc) is 4.02. The van der Waals surface area contributed by atoms with E-state index in [4.69, 9.17) is 13.8 Å². The van der Waals surface area contributed by atoms with Gasteiger partial charge in [0.05, 0.1) is 16.4 Å². The molecule has 0 saturated heterocycles. The van der Waals surface area contributed by atoms with Gasteiger partial charge >= 0.3 is 0 Å². The Bertz CT molecular complexity index is 3510. The van der Waals surface area contributed by atoms with Crippen LogP contribution in [-0.2, 0) is 0 Å². The van der Waals surface area contributed by atoms with Crippen LogP contribution in [0, 0.1) is 0 Å². The molecule has 9 aromatic carbocycles. The van der Waals surface area contributed by atoms with Crippen LogP contribution in [0.25, 0.3) is 94.2 Å². The van der Waals surface area contributed by atoms with Gasteiger partial charge in [-0.25, -0.2) is 4.98 Å². The summed E-state index contributed by atoms with van der Waals surface area (Å²) in [6.45, 7) is 0. The molecule has 0 N–H and O–H groups in total. The number of hydrogen-bond donors (Lipinski definition) is 0. The Labute approximate surface area is 345 Å². The zero-order valence-electron chi connectivity index (χ0n) is 32.4. The third-order valence-corrected chi connectivity index (χ3v) is 11.6. The van der Waals surface area contributed by atoms with Crippen molar-refractivity contribution in [2.45, 2.75) is 0 Å². The first kappa shape index (κ1) is 33.9. The molecule has 0 unspecified atom stereocenters. The molecule has 0 saturated carbocycles. The molecular weight excluding hydrogens is 735 g/mol. The van der Waals surface area contributed by atoms with Gasteiger partial charge < -0.3 is 18.3 Å². The second-order valence-corrected chi connectivity index (χ2v) is 15.2. The second kappa shape index (κ2) is 13.8. The van der Waals surface area contributed by atoms with Crippen LogP contribution in [0.4, 0.5) is 17.1 Å². The van der Waals surface area contributed by atoms with Gasteiger partial charge in [-0.1, -0.05) is 121 Å². The van der Waals surface area contributed by atoms with Gasteiger partial charge in [0.2, 0.25) is 5.89 Å². The van der Waals surface area contributed by atoms with Crippen LogP contribution >= 0.6 is 0 Å². The van der Waals surface area contributed by atoms with Crippen molar-refractivity contribution in [2.75, 3.05) is 4.90 Å². The molecule has 0 atom stereocenters. The van der Waals surface area contributed by atoms with Gasteiger partial charge in [0, 0.05) is 44.5 Å². The van der Waals surface area contributed by atoms with Crippen molar-refractivity contribution in [3.8, 4) is 39.4 Å². The Morgan fingerprint density at radius 1 is 0.383 bits per heavy atom. The number of fused-ring (bicyclic) bond motifs is 8. The van der Waals surface area contributed by atoms with Gasteiger partial charge in [-0.15, -0.1) is 0 Å². The van der Waals surface area contributed by atoms with E-state index in [0.29, 0.717) is 5.89 Å². The van der Waals surface area contributed by atoms with Crippen LogP contribution in [-0.4, -0.2) is 9.55 Å². The average molecular weight is 770 g/mol. The lowest BCUT2D eigenvalue weighted by atomic mass is 10.0. The maximum Gasteiger partial charge on any atom is 0.227 e. The van der Waals surface area contributed by atoms with Crippen molar-refractivity contribution in [1.29, 1.82) is 0 Å². The van der Waals surface area contributed by atoms with Crippen molar-refractivity contribution in [2.24, 2.45) is 0 Å². The fourth-order valence-electron chi connectivity index (χ4n) is 8.77. The van der Waals surface area contributed by atoms with Gasteiger partial charge in [-0.05, 0) is 113 Å². The molecule has 3 heterocycles. The minimum Gasteiger partial charge on any atom is -0.456 e. The number of hydrogen-bond acceptors (Lipinski definition) is 4. The Kier molecular flexibility index (Phi) is 7.78. The third-order valence-electron chi connectivity index (χ3n) is 11.6. The minimum absolute atomic E-state index is 0.596. The van der Waals surface area contributed by atoms with E-state index in [2.05, 4.69) is 179 Å². The van der Waals surface area contributed by atoms with E-state index < -0.39 is 0 Å². The standard InChI is InChI=1S/C55H35N3O2/c1-4-12-36(13-5-1)37-20-25-42(26-21-37)57(44-29-30-46-45-18-10-11-19-49(45)58(50(46)35-44)41-16-8-3-9-17-41)43-27-22-38(23-28-43)40-24-32-51-47(34-40)53-52(59-51)33-31-48-54(53)60-55(56-48)39-14-6-2-7-15-39/h1-35H. The molecule has 0 radical (unpaired) electrons. The number of aromatic nitrogens is 2. The van der Waals surface area contributed by atoms with Gasteiger partial charge in [0.1, 0.15) is 16.7 Å². The molecule has 12 rings (SSSR count). The van der Waals surface area contributed by atoms with E-state index in [1.165, 1.54) is 27.4 Å². The van der Waals surface area contributed by atoms with E-state index >= 15 is 0 Å². The largest absolute Gasteiger partial charge is 0.456 e. The van der Waals surface area contributed by atoms with Gasteiger partial charge in [0.25, 0.3) is 0 Å². The monoisotopic (exact) mass is 769 g/mol. The van der Waals surface area contributed by atoms with Crippen LogP contribution in [0.5, 0.6) is 0 Å². The molecule has 0 amide bonds. The summed E-state index contributed by atoms with van der Waals surface area (Å²) in [6.07, 6.45) is 0. The number of nitrogens with zero attached hydrogens (tertiary/aromatic N) is 3. The number of furan rings is 1. The molecule has 0 aliphatic heterocycles. The SMILES string of the molecule is c1ccc(-c2ccc(N(c3ccc(-c4ccc5oc6ccc7nc(-c8ccccc8)oc7c6c5c4)cc3)c3ccc4c5ccccc5n(-c5ccccc5)c4c3)cc2)cc1. The smallest absolute Gasteiger partial charge is 0.227 e. The minimum atomic E-state index is 0.596. The molecular formula is C55H35N3O2. The number of benzene rings is 9.